The molecule has 2 aromatic carbocycles. The summed E-state index contributed by atoms with van der Waals surface area (Å²) in [7, 11) is 1.34. The zero-order valence-corrected chi connectivity index (χ0v) is 16.6. The van der Waals surface area contributed by atoms with Gasteiger partial charge in [-0.05, 0) is 38.0 Å². The van der Waals surface area contributed by atoms with Gasteiger partial charge in [-0.25, -0.2) is 4.79 Å². The highest BCUT2D eigenvalue weighted by Crippen LogP contribution is 2.35. The Morgan fingerprint density at radius 2 is 1.86 bits per heavy atom. The van der Waals surface area contributed by atoms with Crippen molar-refractivity contribution in [3.8, 4) is 11.5 Å². The largest absolute Gasteiger partial charge is 0.493 e. The van der Waals surface area contributed by atoms with E-state index in [0.29, 0.717) is 5.69 Å². The molecule has 29 heavy (non-hydrogen) atoms. The molecule has 0 aliphatic rings. The van der Waals surface area contributed by atoms with E-state index in [-0.39, 0.29) is 23.7 Å². The van der Waals surface area contributed by atoms with Crippen LogP contribution in [0.1, 0.15) is 28.4 Å². The van der Waals surface area contributed by atoms with E-state index in [1.807, 2.05) is 26.0 Å². The quantitative estimate of drug-likeness (QED) is 0.408. The van der Waals surface area contributed by atoms with Gasteiger partial charge in [0.2, 0.25) is 0 Å². The topological polar surface area (TPSA) is 117 Å². The number of carbonyl (C=O) groups excluding carboxylic acids is 2. The average Bonchev–Trinajstić information content (AvgIpc) is 2.68. The summed E-state index contributed by atoms with van der Waals surface area (Å²) < 4.78 is 15.4. The molecule has 154 valence electrons. The predicted octanol–water partition coefficient (Wildman–Crippen LogP) is 3.41. The van der Waals surface area contributed by atoms with Crippen LogP contribution in [0.25, 0.3) is 0 Å². The van der Waals surface area contributed by atoms with Crippen LogP contribution in [0.15, 0.2) is 30.3 Å². The number of nitro benzene ring substituents is 1. The van der Waals surface area contributed by atoms with Gasteiger partial charge in [-0.3, -0.25) is 14.9 Å². The predicted molar refractivity (Wildman–Crippen MR) is 106 cm³/mol. The monoisotopic (exact) mass is 402 g/mol. The molecule has 9 nitrogen and oxygen atoms in total. The highest BCUT2D eigenvalue weighted by molar-refractivity contribution is 5.98. The van der Waals surface area contributed by atoms with Gasteiger partial charge >= 0.3 is 5.97 Å². The van der Waals surface area contributed by atoms with Crippen molar-refractivity contribution < 1.29 is 28.7 Å². The Balaban J connectivity index is 2.16. The van der Waals surface area contributed by atoms with Crippen LogP contribution >= 0.6 is 0 Å². The number of amides is 1. The number of hydrogen-bond acceptors (Lipinski definition) is 7. The number of carbonyl (C=O) groups is 2. The van der Waals surface area contributed by atoms with Crippen LogP contribution in [0.5, 0.6) is 11.5 Å². The van der Waals surface area contributed by atoms with Gasteiger partial charge in [-0.2, -0.15) is 0 Å². The first-order valence-corrected chi connectivity index (χ1v) is 8.80. The Kier molecular flexibility index (Phi) is 7.13. The second-order valence-electron chi connectivity index (χ2n) is 6.15. The molecule has 0 radical (unpaired) electrons. The Morgan fingerprint density at radius 3 is 2.48 bits per heavy atom. The molecule has 2 rings (SSSR count). The fraction of sp³-hybridized carbons (Fsp3) is 0.300. The molecular formula is C20H22N2O7. The van der Waals surface area contributed by atoms with Crippen molar-refractivity contribution in [1.82, 2.24) is 0 Å². The molecule has 0 aromatic heterocycles. The standard InChI is InChI=1S/C20H22N2O7/c1-5-28-18-10-16(22(25)26)14(9-17(18)27-4)20(24)29-11-19(23)21-15-8-12(2)6-7-13(15)3/h6-10H,5,11H2,1-4H3,(H,21,23). The highest BCUT2D eigenvalue weighted by atomic mass is 16.6. The van der Waals surface area contributed by atoms with E-state index in [4.69, 9.17) is 14.2 Å². The zero-order valence-electron chi connectivity index (χ0n) is 16.6. The molecule has 0 saturated carbocycles. The van der Waals surface area contributed by atoms with Crippen LogP contribution in [0, 0.1) is 24.0 Å². The minimum Gasteiger partial charge on any atom is -0.493 e. The fourth-order valence-corrected chi connectivity index (χ4v) is 2.56. The van der Waals surface area contributed by atoms with Crippen LogP contribution < -0.4 is 14.8 Å². The minimum atomic E-state index is -1.02. The summed E-state index contributed by atoms with van der Waals surface area (Å²) in [6.45, 7) is 5.08. The summed E-state index contributed by atoms with van der Waals surface area (Å²) in [5.41, 5.74) is 1.56. The summed E-state index contributed by atoms with van der Waals surface area (Å²) in [6.07, 6.45) is 0. The number of nitrogens with one attached hydrogen (secondary N) is 1. The third-order valence-corrected chi connectivity index (χ3v) is 4.00. The average molecular weight is 402 g/mol. The zero-order chi connectivity index (χ0) is 21.6. The first kappa shape index (κ1) is 21.7. The van der Waals surface area contributed by atoms with E-state index in [1.165, 1.54) is 7.11 Å². The summed E-state index contributed by atoms with van der Waals surface area (Å²) >= 11 is 0. The molecule has 9 heteroatoms. The summed E-state index contributed by atoms with van der Waals surface area (Å²) in [5.74, 6) is -1.31. The molecule has 0 bridgehead atoms. The maximum Gasteiger partial charge on any atom is 0.345 e. The molecule has 0 aliphatic heterocycles. The first-order chi connectivity index (χ1) is 13.8. The van der Waals surface area contributed by atoms with Gasteiger partial charge in [0.25, 0.3) is 11.6 Å². The Morgan fingerprint density at radius 1 is 1.14 bits per heavy atom. The van der Waals surface area contributed by atoms with Crippen molar-refractivity contribution in [2.24, 2.45) is 0 Å². The van der Waals surface area contributed by atoms with Crippen molar-refractivity contribution in [3.63, 3.8) is 0 Å². The third kappa shape index (κ3) is 5.44. The van der Waals surface area contributed by atoms with E-state index < -0.39 is 29.1 Å². The molecule has 2 aromatic rings. The molecule has 0 spiro atoms. The number of anilines is 1. The van der Waals surface area contributed by atoms with Gasteiger partial charge in [-0.15, -0.1) is 0 Å². The van der Waals surface area contributed by atoms with Crippen LogP contribution in [-0.4, -0.2) is 37.1 Å². The van der Waals surface area contributed by atoms with Crippen LogP contribution in [-0.2, 0) is 9.53 Å². The number of ether oxygens (including phenoxy) is 3. The number of esters is 1. The molecule has 1 N–H and O–H groups in total. The molecule has 0 fully saturated rings. The maximum absolute atomic E-state index is 12.4. The maximum atomic E-state index is 12.4. The number of benzene rings is 2. The van der Waals surface area contributed by atoms with Crippen LogP contribution in [0.4, 0.5) is 11.4 Å². The van der Waals surface area contributed by atoms with Gasteiger partial charge in [0, 0.05) is 11.8 Å². The van der Waals surface area contributed by atoms with E-state index in [1.54, 1.807) is 13.0 Å². The normalized spacial score (nSPS) is 10.2. The number of aryl methyl sites for hydroxylation is 2. The van der Waals surface area contributed by atoms with E-state index in [9.17, 15) is 19.7 Å². The second kappa shape index (κ2) is 9.54. The van der Waals surface area contributed by atoms with Gasteiger partial charge in [0.05, 0.1) is 24.7 Å². The van der Waals surface area contributed by atoms with Gasteiger partial charge in [0.1, 0.15) is 5.56 Å². The van der Waals surface area contributed by atoms with Crippen molar-refractivity contribution in [3.05, 3.63) is 57.1 Å². The SMILES string of the molecule is CCOc1cc([N+](=O)[O-])c(C(=O)OCC(=O)Nc2cc(C)ccc2C)cc1OC. The van der Waals surface area contributed by atoms with Crippen molar-refractivity contribution in [2.45, 2.75) is 20.8 Å². The highest BCUT2D eigenvalue weighted by Gasteiger charge is 2.26. The van der Waals surface area contributed by atoms with E-state index >= 15 is 0 Å². The molecule has 0 saturated heterocycles. The Labute approximate surface area is 167 Å². The van der Waals surface area contributed by atoms with Gasteiger partial charge in [0.15, 0.2) is 18.1 Å². The number of nitrogens with zero attached hydrogens (tertiary/aromatic N) is 1. The first-order valence-electron chi connectivity index (χ1n) is 8.80. The summed E-state index contributed by atoms with van der Waals surface area (Å²) in [4.78, 5) is 35.1. The number of rotatable bonds is 8. The minimum absolute atomic E-state index is 0.130. The lowest BCUT2D eigenvalue weighted by atomic mass is 10.1. The van der Waals surface area contributed by atoms with Crippen molar-refractivity contribution in [1.29, 1.82) is 0 Å². The Hall–Kier alpha value is -3.62. The molecule has 1 amide bonds. The number of methoxy groups -OCH3 is 1. The third-order valence-electron chi connectivity index (χ3n) is 4.00. The number of nitro groups is 1. The molecule has 0 heterocycles. The summed E-state index contributed by atoms with van der Waals surface area (Å²) in [5, 5.41) is 14.0. The van der Waals surface area contributed by atoms with E-state index in [0.717, 1.165) is 23.3 Å². The summed E-state index contributed by atoms with van der Waals surface area (Å²) in [6, 6.07) is 7.80. The fourth-order valence-electron chi connectivity index (χ4n) is 2.56. The lowest BCUT2D eigenvalue weighted by Gasteiger charge is -2.12. The Bertz CT molecular complexity index is 941. The van der Waals surface area contributed by atoms with Crippen LogP contribution in [0.2, 0.25) is 0 Å². The van der Waals surface area contributed by atoms with Crippen molar-refractivity contribution in [2.75, 3.05) is 25.6 Å². The van der Waals surface area contributed by atoms with Crippen molar-refractivity contribution >= 4 is 23.3 Å². The number of hydrogen-bond donors (Lipinski definition) is 1. The van der Waals surface area contributed by atoms with Crippen LogP contribution in [0.3, 0.4) is 0 Å². The lowest BCUT2D eigenvalue weighted by Crippen LogP contribution is -2.22. The molecule has 0 aliphatic carbocycles. The lowest BCUT2D eigenvalue weighted by molar-refractivity contribution is -0.385. The van der Waals surface area contributed by atoms with E-state index in [2.05, 4.69) is 5.32 Å². The molecular weight excluding hydrogens is 380 g/mol. The molecule has 0 unspecified atom stereocenters. The second-order valence-corrected chi connectivity index (χ2v) is 6.15. The van der Waals surface area contributed by atoms with Gasteiger partial charge < -0.3 is 19.5 Å². The molecule has 0 atom stereocenters. The van der Waals surface area contributed by atoms with Gasteiger partial charge in [-0.1, -0.05) is 12.1 Å². The smallest absolute Gasteiger partial charge is 0.345 e.